The molecule has 0 atom stereocenters. The quantitative estimate of drug-likeness (QED) is 0.176. The Morgan fingerprint density at radius 3 is 1.79 bits per heavy atom. The van der Waals surface area contributed by atoms with E-state index >= 15 is 0 Å². The van der Waals surface area contributed by atoms with Gasteiger partial charge in [0.05, 0.1) is 27.9 Å². The Morgan fingerprint density at radius 1 is 0.423 bits per heavy atom. The first-order valence-electron chi connectivity index (χ1n) is 17.5. The van der Waals surface area contributed by atoms with Crippen molar-refractivity contribution in [1.82, 2.24) is 19.5 Å². The van der Waals surface area contributed by atoms with Crippen molar-refractivity contribution in [3.8, 4) is 39.7 Å². The molecule has 0 N–H and O–H groups in total. The van der Waals surface area contributed by atoms with Gasteiger partial charge in [0.2, 0.25) is 0 Å². The lowest BCUT2D eigenvalue weighted by Crippen LogP contribution is -2.02. The van der Waals surface area contributed by atoms with Crippen LogP contribution in [0.1, 0.15) is 0 Å². The molecule has 0 aliphatic rings. The molecule has 0 unspecified atom stereocenters. The van der Waals surface area contributed by atoms with Crippen molar-refractivity contribution in [2.75, 3.05) is 0 Å². The number of nitrogens with zero attached hydrogens (tertiary/aromatic N) is 4. The topological polar surface area (TPSA) is 56.7 Å². The largest absolute Gasteiger partial charge is 0.455 e. The summed E-state index contributed by atoms with van der Waals surface area (Å²) in [5.74, 6) is 1.44. The maximum Gasteiger partial charge on any atom is 0.162 e. The van der Waals surface area contributed by atoms with Gasteiger partial charge < -0.3 is 4.42 Å². The van der Waals surface area contributed by atoms with Gasteiger partial charge >= 0.3 is 0 Å². The van der Waals surface area contributed by atoms with Crippen LogP contribution in [0.3, 0.4) is 0 Å². The molecule has 0 spiro atoms. The molecular formula is C47H28N4O. The number of hydrogen-bond donors (Lipinski definition) is 0. The Labute approximate surface area is 298 Å². The van der Waals surface area contributed by atoms with Crippen molar-refractivity contribution in [3.63, 3.8) is 0 Å². The molecule has 7 aromatic carbocycles. The fourth-order valence-electron chi connectivity index (χ4n) is 7.83. The van der Waals surface area contributed by atoms with Gasteiger partial charge in [0.25, 0.3) is 0 Å². The zero-order valence-electron chi connectivity index (χ0n) is 27.9. The predicted octanol–water partition coefficient (Wildman–Crippen LogP) is 12.2. The van der Waals surface area contributed by atoms with Crippen LogP contribution in [0.5, 0.6) is 0 Å². The van der Waals surface area contributed by atoms with E-state index in [9.17, 15) is 0 Å². The van der Waals surface area contributed by atoms with Crippen molar-refractivity contribution < 1.29 is 4.42 Å². The van der Waals surface area contributed by atoms with Gasteiger partial charge in [-0.1, -0.05) is 127 Å². The third-order valence-electron chi connectivity index (χ3n) is 10.2. The molecule has 52 heavy (non-hydrogen) atoms. The lowest BCUT2D eigenvalue weighted by molar-refractivity contribution is 0.673. The number of furan rings is 1. The number of rotatable bonds is 4. The summed E-state index contributed by atoms with van der Waals surface area (Å²) in [5, 5.41) is 7.68. The van der Waals surface area contributed by atoms with E-state index in [0.29, 0.717) is 5.82 Å². The summed E-state index contributed by atoms with van der Waals surface area (Å²) >= 11 is 0. The van der Waals surface area contributed by atoms with E-state index in [-0.39, 0.29) is 0 Å². The van der Waals surface area contributed by atoms with Gasteiger partial charge in [-0.05, 0) is 36.4 Å². The van der Waals surface area contributed by atoms with Crippen LogP contribution >= 0.6 is 0 Å². The van der Waals surface area contributed by atoms with E-state index in [0.717, 1.165) is 88.5 Å². The van der Waals surface area contributed by atoms with Crippen molar-refractivity contribution in [2.45, 2.75) is 0 Å². The molecule has 11 aromatic rings. The van der Waals surface area contributed by atoms with E-state index in [4.69, 9.17) is 19.4 Å². The van der Waals surface area contributed by atoms with E-state index in [2.05, 4.69) is 144 Å². The van der Waals surface area contributed by atoms with Gasteiger partial charge in [-0.25, -0.2) is 15.0 Å². The first kappa shape index (κ1) is 28.7. The molecule has 5 nitrogen and oxygen atoms in total. The minimum Gasteiger partial charge on any atom is -0.455 e. The van der Waals surface area contributed by atoms with Crippen LogP contribution in [-0.2, 0) is 0 Å². The first-order valence-corrected chi connectivity index (χ1v) is 17.5. The smallest absolute Gasteiger partial charge is 0.162 e. The minimum absolute atomic E-state index is 0.631. The summed E-state index contributed by atoms with van der Waals surface area (Å²) in [4.78, 5) is 15.6. The van der Waals surface area contributed by atoms with Crippen molar-refractivity contribution in [3.05, 3.63) is 170 Å². The van der Waals surface area contributed by atoms with Crippen LogP contribution in [0, 0.1) is 0 Å². The van der Waals surface area contributed by atoms with Crippen LogP contribution in [0.4, 0.5) is 0 Å². The Hall–Kier alpha value is -7.11. The second-order valence-electron chi connectivity index (χ2n) is 13.2. The normalized spacial score (nSPS) is 11.8. The van der Waals surface area contributed by atoms with Crippen LogP contribution in [0.25, 0.3) is 105 Å². The first-order chi connectivity index (χ1) is 25.8. The molecule has 0 saturated heterocycles. The molecule has 242 valence electrons. The van der Waals surface area contributed by atoms with Crippen LogP contribution in [0.15, 0.2) is 174 Å². The molecule has 0 saturated carbocycles. The van der Waals surface area contributed by atoms with E-state index in [1.165, 1.54) is 10.8 Å². The fourth-order valence-corrected chi connectivity index (χ4v) is 7.83. The molecule has 0 aliphatic heterocycles. The molecule has 0 fully saturated rings. The maximum atomic E-state index is 6.87. The molecule has 5 heteroatoms. The zero-order chi connectivity index (χ0) is 34.2. The number of pyridine rings is 1. The van der Waals surface area contributed by atoms with Gasteiger partial charge in [-0.3, -0.25) is 4.57 Å². The molecule has 0 aliphatic carbocycles. The Kier molecular flexibility index (Phi) is 6.18. The third-order valence-corrected chi connectivity index (χ3v) is 10.2. The molecular weight excluding hydrogens is 637 g/mol. The summed E-state index contributed by atoms with van der Waals surface area (Å²) in [6.45, 7) is 0. The van der Waals surface area contributed by atoms with E-state index in [1.54, 1.807) is 0 Å². The molecule has 0 radical (unpaired) electrons. The van der Waals surface area contributed by atoms with Crippen LogP contribution in [-0.4, -0.2) is 19.5 Å². The summed E-state index contributed by atoms with van der Waals surface area (Å²) in [6, 6.07) is 58.8. The number of benzene rings is 7. The van der Waals surface area contributed by atoms with Gasteiger partial charge in [-0.15, -0.1) is 0 Å². The zero-order valence-corrected chi connectivity index (χ0v) is 27.9. The van der Waals surface area contributed by atoms with Gasteiger partial charge in [0.1, 0.15) is 17.0 Å². The second-order valence-corrected chi connectivity index (χ2v) is 13.2. The number of hydrogen-bond acceptors (Lipinski definition) is 4. The Bertz CT molecular complexity index is 3130. The number of aromatic nitrogens is 4. The Balaban J connectivity index is 1.16. The summed E-state index contributed by atoms with van der Waals surface area (Å²) in [7, 11) is 0. The average molecular weight is 665 g/mol. The number of para-hydroxylation sites is 3. The average Bonchev–Trinajstić information content (AvgIpc) is 3.76. The molecule has 4 aromatic heterocycles. The molecule has 4 heterocycles. The van der Waals surface area contributed by atoms with Gasteiger partial charge in [-0.2, -0.15) is 0 Å². The molecule has 11 rings (SSSR count). The molecule has 0 amide bonds. The lowest BCUT2D eigenvalue weighted by Gasteiger charge is -2.12. The predicted molar refractivity (Wildman–Crippen MR) is 213 cm³/mol. The highest BCUT2D eigenvalue weighted by Crippen LogP contribution is 2.41. The van der Waals surface area contributed by atoms with Crippen LogP contribution in [0.2, 0.25) is 0 Å². The highest BCUT2D eigenvalue weighted by Gasteiger charge is 2.20. The highest BCUT2D eigenvalue weighted by atomic mass is 16.3. The van der Waals surface area contributed by atoms with Crippen molar-refractivity contribution >= 4 is 65.4 Å². The van der Waals surface area contributed by atoms with Crippen LogP contribution < -0.4 is 0 Å². The summed E-state index contributed by atoms with van der Waals surface area (Å²) < 4.78 is 9.12. The van der Waals surface area contributed by atoms with Gasteiger partial charge in [0.15, 0.2) is 5.82 Å². The minimum atomic E-state index is 0.631. The van der Waals surface area contributed by atoms with Crippen molar-refractivity contribution in [1.29, 1.82) is 0 Å². The van der Waals surface area contributed by atoms with E-state index in [1.807, 2.05) is 30.3 Å². The highest BCUT2D eigenvalue weighted by molar-refractivity contribution is 6.24. The van der Waals surface area contributed by atoms with Crippen molar-refractivity contribution in [2.24, 2.45) is 0 Å². The standard InChI is InChI=1S/C47H28N4O/c1-3-13-29(14-4-1)39-28-43(51-40-21-11-8-17-32(40)33-18-9-12-22-41(33)51)50-47(49-39)31-23-24-34-35-25-26-37-44(46(35)52-42(34)27-31)36-19-7-10-20-38(36)48-45(37)30-15-5-2-6-16-30/h1-28H. The third kappa shape index (κ3) is 4.33. The lowest BCUT2D eigenvalue weighted by atomic mass is 9.98. The number of fused-ring (bicyclic) bond motifs is 10. The monoisotopic (exact) mass is 664 g/mol. The summed E-state index contributed by atoms with van der Waals surface area (Å²) in [5.41, 5.74) is 9.56. The maximum absolute atomic E-state index is 6.87. The SMILES string of the molecule is c1ccc(-c2cc(-n3c4ccccc4c4ccccc43)nc(-c3ccc4c(c3)oc3c4ccc4c(-c5ccccc5)nc5ccccc5c43)n2)cc1. The van der Waals surface area contributed by atoms with E-state index < -0.39 is 0 Å². The fraction of sp³-hybridized carbons (Fsp3) is 0. The molecule has 0 bridgehead atoms. The van der Waals surface area contributed by atoms with Gasteiger partial charge in [0, 0.05) is 60.5 Å². The Morgan fingerprint density at radius 2 is 1.04 bits per heavy atom. The summed E-state index contributed by atoms with van der Waals surface area (Å²) in [6.07, 6.45) is 0. The second kappa shape index (κ2) is 11.2.